The van der Waals surface area contributed by atoms with Crippen LogP contribution in [0, 0.1) is 20.8 Å². The molecule has 0 aliphatic heterocycles. The molecule has 0 amide bonds. The number of nitrogens with two attached hydrogens (primary N) is 1. The molecule has 1 unspecified atom stereocenters. The predicted molar refractivity (Wildman–Crippen MR) is 85.8 cm³/mol. The standard InChI is InChI=1S/C16H17BrClN/c1-9-4-5-12(17)8-13(9)16(19)14-6-10(2)11(3)7-15(14)18/h4-8,16H,19H2,1-3H3. The third kappa shape index (κ3) is 3.02. The molecule has 1 nitrogen and oxygen atoms in total. The fourth-order valence-corrected chi connectivity index (χ4v) is 2.87. The van der Waals surface area contributed by atoms with Crippen LogP contribution >= 0.6 is 27.5 Å². The topological polar surface area (TPSA) is 26.0 Å². The molecule has 100 valence electrons. The summed E-state index contributed by atoms with van der Waals surface area (Å²) in [7, 11) is 0. The summed E-state index contributed by atoms with van der Waals surface area (Å²) in [6.45, 7) is 6.20. The van der Waals surface area contributed by atoms with E-state index in [0.29, 0.717) is 0 Å². The van der Waals surface area contributed by atoms with Gasteiger partial charge in [-0.05, 0) is 66.8 Å². The average Bonchev–Trinajstić information content (AvgIpc) is 2.36. The third-order valence-corrected chi connectivity index (χ3v) is 4.35. The first-order valence-electron chi connectivity index (χ1n) is 6.18. The average molecular weight is 339 g/mol. The van der Waals surface area contributed by atoms with Crippen LogP contribution < -0.4 is 5.73 Å². The fraction of sp³-hybridized carbons (Fsp3) is 0.250. The molecule has 2 N–H and O–H groups in total. The lowest BCUT2D eigenvalue weighted by Gasteiger charge is -2.18. The Morgan fingerprint density at radius 2 is 1.58 bits per heavy atom. The molecule has 0 saturated carbocycles. The highest BCUT2D eigenvalue weighted by Gasteiger charge is 2.16. The first-order chi connectivity index (χ1) is 8.90. The second-order valence-electron chi connectivity index (χ2n) is 4.94. The van der Waals surface area contributed by atoms with Gasteiger partial charge < -0.3 is 5.73 Å². The summed E-state index contributed by atoms with van der Waals surface area (Å²) >= 11 is 9.84. The van der Waals surface area contributed by atoms with Crippen LogP contribution in [0.3, 0.4) is 0 Å². The monoisotopic (exact) mass is 337 g/mol. The molecule has 0 spiro atoms. The van der Waals surface area contributed by atoms with Gasteiger partial charge in [-0.3, -0.25) is 0 Å². The van der Waals surface area contributed by atoms with Crippen LogP contribution in [0.5, 0.6) is 0 Å². The van der Waals surface area contributed by atoms with Crippen molar-refractivity contribution in [2.45, 2.75) is 26.8 Å². The minimum Gasteiger partial charge on any atom is -0.320 e. The van der Waals surface area contributed by atoms with E-state index < -0.39 is 0 Å². The smallest absolute Gasteiger partial charge is 0.0569 e. The Morgan fingerprint density at radius 3 is 2.26 bits per heavy atom. The van der Waals surface area contributed by atoms with E-state index in [9.17, 15) is 0 Å². The Balaban J connectivity index is 2.52. The largest absolute Gasteiger partial charge is 0.320 e. The first kappa shape index (κ1) is 14.6. The van der Waals surface area contributed by atoms with E-state index in [-0.39, 0.29) is 6.04 Å². The van der Waals surface area contributed by atoms with Gasteiger partial charge in [-0.1, -0.05) is 39.7 Å². The number of hydrogen-bond acceptors (Lipinski definition) is 1. The van der Waals surface area contributed by atoms with Gasteiger partial charge in [0.2, 0.25) is 0 Å². The summed E-state index contributed by atoms with van der Waals surface area (Å²) in [5.41, 5.74) is 12.0. The molecule has 2 aromatic rings. The zero-order valence-corrected chi connectivity index (χ0v) is 13.6. The van der Waals surface area contributed by atoms with Gasteiger partial charge in [-0.15, -0.1) is 0 Å². The van der Waals surface area contributed by atoms with E-state index in [4.69, 9.17) is 17.3 Å². The van der Waals surface area contributed by atoms with Gasteiger partial charge in [-0.25, -0.2) is 0 Å². The molecule has 2 rings (SSSR count). The van der Waals surface area contributed by atoms with E-state index in [0.717, 1.165) is 20.6 Å². The van der Waals surface area contributed by atoms with Crippen molar-refractivity contribution in [3.8, 4) is 0 Å². The summed E-state index contributed by atoms with van der Waals surface area (Å²) < 4.78 is 1.03. The van der Waals surface area contributed by atoms with E-state index in [1.165, 1.54) is 16.7 Å². The van der Waals surface area contributed by atoms with Crippen molar-refractivity contribution in [1.29, 1.82) is 0 Å². The maximum Gasteiger partial charge on any atom is 0.0569 e. The zero-order chi connectivity index (χ0) is 14.2. The first-order valence-corrected chi connectivity index (χ1v) is 7.35. The van der Waals surface area contributed by atoms with E-state index in [2.05, 4.69) is 54.9 Å². The Morgan fingerprint density at radius 1 is 0.947 bits per heavy atom. The van der Waals surface area contributed by atoms with Crippen molar-refractivity contribution in [3.05, 3.63) is 67.6 Å². The van der Waals surface area contributed by atoms with E-state index in [1.54, 1.807) is 0 Å². The van der Waals surface area contributed by atoms with Gasteiger partial charge in [0, 0.05) is 9.50 Å². The Labute approximate surface area is 127 Å². The lowest BCUT2D eigenvalue weighted by molar-refractivity contribution is 0.858. The molecule has 0 bridgehead atoms. The molecular formula is C16H17BrClN. The second-order valence-corrected chi connectivity index (χ2v) is 6.26. The van der Waals surface area contributed by atoms with Crippen LogP contribution in [0.4, 0.5) is 0 Å². The molecule has 0 fully saturated rings. The van der Waals surface area contributed by atoms with E-state index >= 15 is 0 Å². The van der Waals surface area contributed by atoms with Gasteiger partial charge in [0.05, 0.1) is 6.04 Å². The van der Waals surface area contributed by atoms with Gasteiger partial charge >= 0.3 is 0 Å². The number of rotatable bonds is 2. The lowest BCUT2D eigenvalue weighted by atomic mass is 9.93. The van der Waals surface area contributed by atoms with Crippen LogP contribution in [-0.4, -0.2) is 0 Å². The summed E-state index contributed by atoms with van der Waals surface area (Å²) in [6.07, 6.45) is 0. The summed E-state index contributed by atoms with van der Waals surface area (Å²) in [5, 5.41) is 0.731. The maximum atomic E-state index is 6.40. The van der Waals surface area contributed by atoms with Crippen LogP contribution in [0.2, 0.25) is 5.02 Å². The van der Waals surface area contributed by atoms with Crippen molar-refractivity contribution < 1.29 is 0 Å². The zero-order valence-electron chi connectivity index (χ0n) is 11.3. The van der Waals surface area contributed by atoms with Gasteiger partial charge in [0.15, 0.2) is 0 Å². The highest BCUT2D eigenvalue weighted by molar-refractivity contribution is 9.10. The highest BCUT2D eigenvalue weighted by Crippen LogP contribution is 2.31. The minimum atomic E-state index is -0.204. The van der Waals surface area contributed by atoms with Crippen LogP contribution in [-0.2, 0) is 0 Å². The van der Waals surface area contributed by atoms with Gasteiger partial charge in [0.1, 0.15) is 0 Å². The van der Waals surface area contributed by atoms with Crippen molar-refractivity contribution >= 4 is 27.5 Å². The number of aryl methyl sites for hydroxylation is 3. The minimum absolute atomic E-state index is 0.204. The molecule has 0 aliphatic carbocycles. The molecule has 0 radical (unpaired) electrons. The Kier molecular flexibility index (Phi) is 4.34. The molecule has 2 aromatic carbocycles. The number of halogens is 2. The summed E-state index contributed by atoms with van der Waals surface area (Å²) in [6, 6.07) is 10.0. The predicted octanol–water partition coefficient (Wildman–Crippen LogP) is 5.08. The number of benzene rings is 2. The maximum absolute atomic E-state index is 6.40. The normalized spacial score (nSPS) is 12.5. The van der Waals surface area contributed by atoms with Crippen LogP contribution in [0.1, 0.15) is 33.9 Å². The van der Waals surface area contributed by atoms with Crippen molar-refractivity contribution in [1.82, 2.24) is 0 Å². The van der Waals surface area contributed by atoms with Crippen molar-refractivity contribution in [2.75, 3.05) is 0 Å². The molecule has 0 aliphatic rings. The quantitative estimate of drug-likeness (QED) is 0.812. The fourth-order valence-electron chi connectivity index (χ4n) is 2.16. The second kappa shape index (κ2) is 5.66. The number of hydrogen-bond donors (Lipinski definition) is 1. The van der Waals surface area contributed by atoms with Crippen LogP contribution in [0.15, 0.2) is 34.8 Å². The summed E-state index contributed by atoms with van der Waals surface area (Å²) in [4.78, 5) is 0. The van der Waals surface area contributed by atoms with Crippen molar-refractivity contribution in [3.63, 3.8) is 0 Å². The van der Waals surface area contributed by atoms with Crippen LogP contribution in [0.25, 0.3) is 0 Å². The lowest BCUT2D eigenvalue weighted by Crippen LogP contribution is -2.14. The van der Waals surface area contributed by atoms with Crippen molar-refractivity contribution in [2.24, 2.45) is 5.73 Å². The Hall–Kier alpha value is -0.830. The third-order valence-electron chi connectivity index (χ3n) is 3.52. The Bertz CT molecular complexity index is 622. The molecule has 0 saturated heterocycles. The van der Waals surface area contributed by atoms with Gasteiger partial charge in [-0.2, -0.15) is 0 Å². The van der Waals surface area contributed by atoms with E-state index in [1.807, 2.05) is 12.1 Å². The SMILES string of the molecule is Cc1cc(Cl)c(C(N)c2cc(Br)ccc2C)cc1C. The molecule has 1 atom stereocenters. The molecule has 0 heterocycles. The molecule has 19 heavy (non-hydrogen) atoms. The highest BCUT2D eigenvalue weighted by atomic mass is 79.9. The molecular weight excluding hydrogens is 322 g/mol. The molecule has 3 heteroatoms. The van der Waals surface area contributed by atoms with Gasteiger partial charge in [0.25, 0.3) is 0 Å². The molecule has 0 aromatic heterocycles. The summed E-state index contributed by atoms with van der Waals surface area (Å²) in [5.74, 6) is 0.